The first kappa shape index (κ1) is 18.8. The van der Waals surface area contributed by atoms with Gasteiger partial charge in [-0.2, -0.15) is 4.31 Å². The molecule has 26 heavy (non-hydrogen) atoms. The maximum absolute atomic E-state index is 13.0. The quantitative estimate of drug-likeness (QED) is 0.589. The Kier molecular flexibility index (Phi) is 5.27. The number of nitrogens with one attached hydrogen (secondary N) is 1. The number of nitrogens with zero attached hydrogens (tertiary/aromatic N) is 3. The zero-order valence-corrected chi connectivity index (χ0v) is 15.9. The monoisotopic (exact) mass is 414 g/mol. The van der Waals surface area contributed by atoms with Gasteiger partial charge in [0.15, 0.2) is 9.34 Å². The van der Waals surface area contributed by atoms with Gasteiger partial charge >= 0.3 is 0 Å². The molecule has 12 heteroatoms. The molecule has 0 radical (unpaired) electrons. The summed E-state index contributed by atoms with van der Waals surface area (Å²) in [6.07, 6.45) is 1.22. The summed E-state index contributed by atoms with van der Waals surface area (Å²) in [5.74, 6) is 0.280. The normalized spacial score (nSPS) is 18.0. The lowest BCUT2D eigenvalue weighted by Crippen LogP contribution is -2.30. The second kappa shape index (κ2) is 7.31. The first-order chi connectivity index (χ1) is 12.3. The lowest BCUT2D eigenvalue weighted by Gasteiger charge is -2.22. The third-order valence-corrected chi connectivity index (χ3v) is 8.18. The molecule has 3 rings (SSSR count). The van der Waals surface area contributed by atoms with E-state index in [1.807, 2.05) is 0 Å². The predicted molar refractivity (Wildman–Crippen MR) is 98.6 cm³/mol. The molecule has 1 atom stereocenters. The molecule has 0 bridgehead atoms. The fourth-order valence-electron chi connectivity index (χ4n) is 2.43. The highest BCUT2D eigenvalue weighted by Gasteiger charge is 2.38. The van der Waals surface area contributed by atoms with E-state index in [0.717, 1.165) is 11.3 Å². The van der Waals surface area contributed by atoms with Crippen molar-refractivity contribution >= 4 is 49.8 Å². The second-order valence-electron chi connectivity index (χ2n) is 5.35. The van der Waals surface area contributed by atoms with Crippen LogP contribution in [-0.2, 0) is 14.8 Å². The Morgan fingerprint density at radius 2 is 2.08 bits per heavy atom. The van der Waals surface area contributed by atoms with E-state index in [1.54, 1.807) is 12.1 Å². The Hall–Kier alpha value is -2.02. The van der Waals surface area contributed by atoms with Crippen LogP contribution in [0, 0.1) is 10.1 Å². The van der Waals surface area contributed by atoms with Crippen molar-refractivity contribution in [2.75, 3.05) is 17.6 Å². The molecule has 0 aliphatic carbocycles. The number of aromatic nitrogens is 1. The second-order valence-corrected chi connectivity index (χ2v) is 9.69. The number of hydrogen-bond donors (Lipinski definition) is 1. The van der Waals surface area contributed by atoms with Crippen molar-refractivity contribution in [2.45, 2.75) is 16.5 Å². The molecular formula is C14H14N4O5S3. The van der Waals surface area contributed by atoms with E-state index in [2.05, 4.69) is 10.3 Å². The van der Waals surface area contributed by atoms with Gasteiger partial charge in [0.25, 0.3) is 15.7 Å². The zero-order valence-electron chi connectivity index (χ0n) is 13.5. The number of benzene rings is 1. The van der Waals surface area contributed by atoms with Crippen molar-refractivity contribution < 1.29 is 18.1 Å². The molecule has 0 saturated carbocycles. The van der Waals surface area contributed by atoms with E-state index >= 15 is 0 Å². The smallest absolute Gasteiger partial charge is 0.269 e. The number of carbonyl (C=O) groups excluding carboxylic acids is 1. The van der Waals surface area contributed by atoms with E-state index in [0.29, 0.717) is 17.9 Å². The van der Waals surface area contributed by atoms with Crippen LogP contribution < -0.4 is 5.32 Å². The topological polar surface area (TPSA) is 123 Å². The molecular weight excluding hydrogens is 400 g/mol. The van der Waals surface area contributed by atoms with Crippen LogP contribution in [0.5, 0.6) is 0 Å². The van der Waals surface area contributed by atoms with Gasteiger partial charge in [-0.3, -0.25) is 14.9 Å². The van der Waals surface area contributed by atoms with Crippen LogP contribution >= 0.6 is 23.1 Å². The number of thioether (sulfide) groups is 1. The number of carbonyl (C=O) groups is 1. The lowest BCUT2D eigenvalue weighted by atomic mass is 10.2. The first-order valence-electron chi connectivity index (χ1n) is 7.40. The molecule has 1 aliphatic rings. The summed E-state index contributed by atoms with van der Waals surface area (Å²) in [7, 11) is -3.79. The summed E-state index contributed by atoms with van der Waals surface area (Å²) in [4.78, 5) is 25.3. The molecule has 1 fully saturated rings. The Bertz CT molecular complexity index is 942. The van der Waals surface area contributed by atoms with Crippen LogP contribution in [0.3, 0.4) is 0 Å². The van der Waals surface area contributed by atoms with Crippen LogP contribution in [0.1, 0.15) is 17.9 Å². The summed E-state index contributed by atoms with van der Waals surface area (Å²) in [5.41, 5.74) is 0.627. The Morgan fingerprint density at radius 3 is 2.69 bits per heavy atom. The molecule has 2 heterocycles. The van der Waals surface area contributed by atoms with Crippen molar-refractivity contribution in [3.05, 3.63) is 46.1 Å². The molecule has 0 spiro atoms. The number of nitro benzene ring substituents is 1. The summed E-state index contributed by atoms with van der Waals surface area (Å²) >= 11 is 2.34. The molecule has 1 N–H and O–H groups in total. The van der Waals surface area contributed by atoms with Gasteiger partial charge in [-0.15, -0.1) is 11.8 Å². The first-order valence-corrected chi connectivity index (χ1v) is 10.7. The summed E-state index contributed by atoms with van der Waals surface area (Å²) < 4.78 is 27.3. The van der Waals surface area contributed by atoms with Gasteiger partial charge < -0.3 is 5.32 Å². The fraction of sp³-hybridized carbons (Fsp3) is 0.286. The highest BCUT2D eigenvalue weighted by atomic mass is 32.2. The van der Waals surface area contributed by atoms with Crippen LogP contribution in [0.4, 0.5) is 10.8 Å². The maximum Gasteiger partial charge on any atom is 0.269 e. The third-order valence-electron chi connectivity index (χ3n) is 3.57. The Balaban J connectivity index is 1.87. The highest BCUT2D eigenvalue weighted by molar-refractivity contribution is 8.01. The average molecular weight is 414 g/mol. The van der Waals surface area contributed by atoms with Gasteiger partial charge in [0.05, 0.1) is 16.5 Å². The van der Waals surface area contributed by atoms with Gasteiger partial charge in [0, 0.05) is 31.4 Å². The zero-order chi connectivity index (χ0) is 18.9. The standard InChI is InChI=1S/C14H14N4O5S3/c1-9(19)16-14-15-8-12(25-14)26(22,23)17-6-7-24-13(17)10-2-4-11(5-3-10)18(20)21/h2-5,8,13H,6-7H2,1H3,(H,15,16,19). The number of rotatable bonds is 5. The van der Waals surface area contributed by atoms with Crippen molar-refractivity contribution in [3.8, 4) is 0 Å². The molecule has 138 valence electrons. The summed E-state index contributed by atoms with van der Waals surface area (Å²) in [6, 6.07) is 5.86. The molecule has 9 nitrogen and oxygen atoms in total. The van der Waals surface area contributed by atoms with Gasteiger partial charge in [0.2, 0.25) is 5.91 Å². The van der Waals surface area contributed by atoms with E-state index < -0.39 is 20.3 Å². The third kappa shape index (κ3) is 3.72. The van der Waals surface area contributed by atoms with Gasteiger partial charge in [-0.1, -0.05) is 11.3 Å². The molecule has 1 amide bonds. The van der Waals surface area contributed by atoms with E-state index in [9.17, 15) is 23.3 Å². The number of nitro groups is 1. The highest BCUT2D eigenvalue weighted by Crippen LogP contribution is 2.42. The SMILES string of the molecule is CC(=O)Nc1ncc(S(=O)(=O)N2CCSC2c2ccc([N+](=O)[O-])cc2)s1. The van der Waals surface area contributed by atoms with Crippen LogP contribution in [-0.4, -0.2) is 40.8 Å². The number of hydrogen-bond acceptors (Lipinski definition) is 8. The average Bonchev–Trinajstić information content (AvgIpc) is 3.24. The molecule has 1 aliphatic heterocycles. The lowest BCUT2D eigenvalue weighted by molar-refractivity contribution is -0.384. The number of anilines is 1. The number of sulfonamides is 1. The van der Waals surface area contributed by atoms with Crippen molar-refractivity contribution in [3.63, 3.8) is 0 Å². The number of thiazole rings is 1. The summed E-state index contributed by atoms with van der Waals surface area (Å²) in [6.45, 7) is 1.64. The minimum absolute atomic E-state index is 0.0376. The molecule has 2 aromatic rings. The number of amides is 1. The Labute approximate surface area is 157 Å². The fourth-order valence-corrected chi connectivity index (χ4v) is 6.88. The predicted octanol–water partition coefficient (Wildman–Crippen LogP) is 2.45. The van der Waals surface area contributed by atoms with Crippen molar-refractivity contribution in [2.24, 2.45) is 0 Å². The van der Waals surface area contributed by atoms with Gasteiger partial charge in [0.1, 0.15) is 0 Å². The minimum atomic E-state index is -3.79. The number of non-ortho nitro benzene ring substituents is 1. The molecule has 1 aromatic carbocycles. The van der Waals surface area contributed by atoms with Crippen LogP contribution in [0.2, 0.25) is 0 Å². The molecule has 1 saturated heterocycles. The van der Waals surface area contributed by atoms with Crippen molar-refractivity contribution in [1.29, 1.82) is 0 Å². The largest absolute Gasteiger partial charge is 0.302 e. The van der Waals surface area contributed by atoms with E-state index in [1.165, 1.54) is 41.3 Å². The Morgan fingerprint density at radius 1 is 1.38 bits per heavy atom. The van der Waals surface area contributed by atoms with Gasteiger partial charge in [-0.05, 0) is 17.7 Å². The van der Waals surface area contributed by atoms with E-state index in [4.69, 9.17) is 0 Å². The molecule has 1 aromatic heterocycles. The van der Waals surface area contributed by atoms with Gasteiger partial charge in [-0.25, -0.2) is 13.4 Å². The maximum atomic E-state index is 13.0. The summed E-state index contributed by atoms with van der Waals surface area (Å²) in [5, 5.41) is 13.0. The van der Waals surface area contributed by atoms with Crippen molar-refractivity contribution in [1.82, 2.24) is 9.29 Å². The minimum Gasteiger partial charge on any atom is -0.302 e. The molecule has 1 unspecified atom stereocenters. The van der Waals surface area contributed by atoms with E-state index in [-0.39, 0.29) is 20.9 Å². The van der Waals surface area contributed by atoms with Crippen LogP contribution in [0.25, 0.3) is 0 Å². The van der Waals surface area contributed by atoms with Crippen LogP contribution in [0.15, 0.2) is 34.7 Å².